The Morgan fingerprint density at radius 2 is 1.93 bits per heavy atom. The second-order valence-electron chi connectivity index (χ2n) is 7.22. The minimum absolute atomic E-state index is 0.0977. The van der Waals surface area contributed by atoms with Crippen molar-refractivity contribution in [2.24, 2.45) is 0 Å². The van der Waals surface area contributed by atoms with Crippen molar-refractivity contribution in [2.45, 2.75) is 32.4 Å². The summed E-state index contributed by atoms with van der Waals surface area (Å²) in [5, 5.41) is 7.34. The number of nitrogens with one attached hydrogen (secondary N) is 1. The average Bonchev–Trinajstić information content (AvgIpc) is 3.13. The molecule has 3 heterocycles. The molecule has 7 nitrogen and oxygen atoms in total. The van der Waals surface area contributed by atoms with Crippen LogP contribution in [0.15, 0.2) is 48.7 Å². The van der Waals surface area contributed by atoms with E-state index in [1.807, 2.05) is 24.4 Å². The molecule has 2 aromatic heterocycles. The summed E-state index contributed by atoms with van der Waals surface area (Å²) in [5.41, 5.74) is 1.72. The van der Waals surface area contributed by atoms with Crippen LogP contribution in [0.5, 0.6) is 0 Å². The van der Waals surface area contributed by atoms with E-state index < -0.39 is 0 Å². The summed E-state index contributed by atoms with van der Waals surface area (Å²) >= 11 is 0. The highest BCUT2D eigenvalue weighted by atomic mass is 19.1. The summed E-state index contributed by atoms with van der Waals surface area (Å²) < 4.78 is 14.7. The van der Waals surface area contributed by atoms with Gasteiger partial charge in [0.1, 0.15) is 11.6 Å². The number of aryl methyl sites for hydroxylation is 1. The zero-order valence-corrected chi connectivity index (χ0v) is 16.3. The van der Waals surface area contributed by atoms with Gasteiger partial charge >= 0.3 is 0 Å². The van der Waals surface area contributed by atoms with E-state index in [0.29, 0.717) is 11.5 Å². The van der Waals surface area contributed by atoms with Crippen LogP contribution in [0.4, 0.5) is 4.39 Å². The van der Waals surface area contributed by atoms with Crippen molar-refractivity contribution in [3.8, 4) is 5.69 Å². The molecule has 1 aliphatic rings. The predicted molar refractivity (Wildman–Crippen MR) is 106 cm³/mol. The Morgan fingerprint density at radius 1 is 1.17 bits per heavy atom. The second-order valence-corrected chi connectivity index (χ2v) is 7.22. The van der Waals surface area contributed by atoms with Crippen LogP contribution in [-0.4, -0.2) is 49.7 Å². The zero-order chi connectivity index (χ0) is 20.2. The SMILES string of the molecule is Cc1nc(C(=O)NC2CCN(Cc3ccccn3)CC2)nn1-c1ccc(F)cc1. The molecular weight excluding hydrogens is 371 g/mol. The first-order chi connectivity index (χ1) is 14.1. The lowest BCUT2D eigenvalue weighted by Gasteiger charge is -2.31. The molecule has 1 aliphatic heterocycles. The fraction of sp³-hybridized carbons (Fsp3) is 0.333. The summed E-state index contributed by atoms with van der Waals surface area (Å²) in [7, 11) is 0. The maximum absolute atomic E-state index is 13.1. The molecule has 0 radical (unpaired) electrons. The van der Waals surface area contributed by atoms with Crippen LogP contribution in [-0.2, 0) is 6.54 Å². The number of carbonyl (C=O) groups is 1. The molecule has 0 atom stereocenters. The molecule has 4 rings (SSSR count). The van der Waals surface area contributed by atoms with E-state index in [9.17, 15) is 9.18 Å². The predicted octanol–water partition coefficient (Wildman–Crippen LogP) is 2.50. The summed E-state index contributed by atoms with van der Waals surface area (Å²) in [6.45, 7) is 4.39. The molecule has 1 amide bonds. The molecule has 1 saturated heterocycles. The van der Waals surface area contributed by atoms with Crippen LogP contribution in [0.3, 0.4) is 0 Å². The number of nitrogens with zero attached hydrogens (tertiary/aromatic N) is 5. The number of carbonyl (C=O) groups excluding carboxylic acids is 1. The quantitative estimate of drug-likeness (QED) is 0.720. The molecule has 1 fully saturated rings. The number of hydrogen-bond donors (Lipinski definition) is 1. The Kier molecular flexibility index (Phi) is 5.62. The van der Waals surface area contributed by atoms with Crippen molar-refractivity contribution >= 4 is 5.91 Å². The van der Waals surface area contributed by atoms with E-state index in [-0.39, 0.29) is 23.6 Å². The topological polar surface area (TPSA) is 75.9 Å². The van der Waals surface area contributed by atoms with E-state index in [0.717, 1.165) is 38.2 Å². The first-order valence-corrected chi connectivity index (χ1v) is 9.71. The number of benzene rings is 1. The molecule has 0 bridgehead atoms. The molecule has 150 valence electrons. The van der Waals surface area contributed by atoms with Crippen molar-refractivity contribution in [1.29, 1.82) is 0 Å². The van der Waals surface area contributed by atoms with Crippen molar-refractivity contribution in [3.63, 3.8) is 0 Å². The van der Waals surface area contributed by atoms with E-state index in [2.05, 4.69) is 25.3 Å². The third kappa shape index (κ3) is 4.65. The first-order valence-electron chi connectivity index (χ1n) is 9.71. The largest absolute Gasteiger partial charge is 0.346 e. The molecule has 8 heteroatoms. The van der Waals surface area contributed by atoms with Crippen LogP contribution < -0.4 is 5.32 Å². The highest BCUT2D eigenvalue weighted by Gasteiger charge is 2.23. The van der Waals surface area contributed by atoms with Gasteiger partial charge in [-0.15, -0.1) is 5.10 Å². The molecule has 1 aromatic carbocycles. The minimum atomic E-state index is -0.320. The lowest BCUT2D eigenvalue weighted by Crippen LogP contribution is -2.44. The van der Waals surface area contributed by atoms with Gasteiger partial charge in [-0.3, -0.25) is 14.7 Å². The molecule has 0 aliphatic carbocycles. The van der Waals surface area contributed by atoms with Crippen molar-refractivity contribution in [3.05, 3.63) is 71.8 Å². The van der Waals surface area contributed by atoms with Gasteiger partial charge in [0.25, 0.3) is 5.91 Å². The van der Waals surface area contributed by atoms with Gasteiger partial charge in [0.2, 0.25) is 5.82 Å². The van der Waals surface area contributed by atoms with Gasteiger partial charge in [-0.05, 0) is 56.2 Å². The van der Waals surface area contributed by atoms with Crippen LogP contribution in [0.1, 0.15) is 35.0 Å². The fourth-order valence-corrected chi connectivity index (χ4v) is 3.52. The Morgan fingerprint density at radius 3 is 2.62 bits per heavy atom. The maximum atomic E-state index is 13.1. The van der Waals surface area contributed by atoms with Crippen LogP contribution in [0.25, 0.3) is 5.69 Å². The van der Waals surface area contributed by atoms with Crippen molar-refractivity contribution in [2.75, 3.05) is 13.1 Å². The van der Waals surface area contributed by atoms with E-state index in [1.165, 1.54) is 12.1 Å². The second kappa shape index (κ2) is 8.48. The average molecular weight is 394 g/mol. The van der Waals surface area contributed by atoms with Gasteiger partial charge in [-0.2, -0.15) is 0 Å². The van der Waals surface area contributed by atoms with Crippen molar-refractivity contribution in [1.82, 2.24) is 30.0 Å². The zero-order valence-electron chi connectivity index (χ0n) is 16.3. The molecule has 1 N–H and O–H groups in total. The lowest BCUT2D eigenvalue weighted by molar-refractivity contribution is 0.0898. The van der Waals surface area contributed by atoms with E-state index in [1.54, 1.807) is 23.7 Å². The maximum Gasteiger partial charge on any atom is 0.291 e. The molecule has 3 aromatic rings. The number of likely N-dealkylation sites (tertiary alicyclic amines) is 1. The third-order valence-corrected chi connectivity index (χ3v) is 5.08. The third-order valence-electron chi connectivity index (χ3n) is 5.08. The highest BCUT2D eigenvalue weighted by Crippen LogP contribution is 2.14. The molecule has 29 heavy (non-hydrogen) atoms. The Labute approximate surface area is 168 Å². The number of halogens is 1. The van der Waals surface area contributed by atoms with Gasteiger partial charge < -0.3 is 5.32 Å². The summed E-state index contributed by atoms with van der Waals surface area (Å²) in [5.74, 6) is 0.102. The standard InChI is InChI=1S/C21H23FN6O/c1-15-24-20(26-28(15)19-7-5-16(22)6-8-19)21(29)25-17-9-12-27(13-10-17)14-18-4-2-3-11-23-18/h2-8,11,17H,9-10,12-14H2,1H3,(H,25,29). The van der Waals surface area contributed by atoms with E-state index >= 15 is 0 Å². The number of piperidine rings is 1. The fourth-order valence-electron chi connectivity index (χ4n) is 3.52. The number of rotatable bonds is 5. The number of amides is 1. The van der Waals surface area contributed by atoms with Crippen LogP contribution in [0, 0.1) is 12.7 Å². The number of hydrogen-bond acceptors (Lipinski definition) is 5. The Hall–Kier alpha value is -3.13. The van der Waals surface area contributed by atoms with E-state index in [4.69, 9.17) is 0 Å². The molecule has 0 saturated carbocycles. The van der Waals surface area contributed by atoms with Gasteiger partial charge in [-0.1, -0.05) is 6.07 Å². The first kappa shape index (κ1) is 19.2. The lowest BCUT2D eigenvalue weighted by atomic mass is 10.0. The van der Waals surface area contributed by atoms with Crippen molar-refractivity contribution < 1.29 is 9.18 Å². The Bertz CT molecular complexity index is 965. The number of aromatic nitrogens is 4. The minimum Gasteiger partial charge on any atom is -0.346 e. The highest BCUT2D eigenvalue weighted by molar-refractivity contribution is 5.90. The summed E-state index contributed by atoms with van der Waals surface area (Å²) in [4.78, 5) is 23.6. The molecule has 0 spiro atoms. The number of pyridine rings is 1. The monoisotopic (exact) mass is 394 g/mol. The summed E-state index contributed by atoms with van der Waals surface area (Å²) in [6.07, 6.45) is 3.55. The smallest absolute Gasteiger partial charge is 0.291 e. The summed E-state index contributed by atoms with van der Waals surface area (Å²) in [6, 6.07) is 12.0. The van der Waals surface area contributed by atoms with Crippen LogP contribution >= 0.6 is 0 Å². The normalized spacial score (nSPS) is 15.4. The molecule has 0 unspecified atom stereocenters. The molecular formula is C21H23FN6O. The van der Waals surface area contributed by atoms with Gasteiger partial charge in [0, 0.05) is 31.9 Å². The van der Waals surface area contributed by atoms with Gasteiger partial charge in [0.15, 0.2) is 0 Å². The Balaban J connectivity index is 1.33. The van der Waals surface area contributed by atoms with Gasteiger partial charge in [0.05, 0.1) is 11.4 Å². The van der Waals surface area contributed by atoms with Crippen LogP contribution in [0.2, 0.25) is 0 Å². The van der Waals surface area contributed by atoms with Gasteiger partial charge in [-0.25, -0.2) is 14.1 Å².